The molecule has 2 fully saturated rings. The molecule has 1 aliphatic heterocycles. The Morgan fingerprint density at radius 1 is 1.37 bits per heavy atom. The standard InChI is InChI=1S/C27H41ClF2N2O3/c1-31-18-20(13-21-16-26(29,30)17-21)14-25(33)32-11-6-8-23(19-32)27(34,10-3-4-12-35-2)22-7-5-9-24(28)15-22/h5,7,9,15,20-21,23,31,34H,3-4,6,8,10-14,16-19H2,1-2H3/t20-,23-,27-/m1/s1. The molecule has 5 nitrogen and oxygen atoms in total. The van der Waals surface area contributed by atoms with Crippen molar-refractivity contribution in [3.05, 3.63) is 34.9 Å². The van der Waals surface area contributed by atoms with Crippen molar-refractivity contribution in [2.45, 2.75) is 69.3 Å². The van der Waals surface area contributed by atoms with Crippen LogP contribution in [0.15, 0.2) is 24.3 Å². The minimum Gasteiger partial charge on any atom is -0.385 e. The second-order valence-corrected chi connectivity index (χ2v) is 11.0. The molecule has 0 aromatic heterocycles. The van der Waals surface area contributed by atoms with E-state index in [1.165, 1.54) is 0 Å². The Kier molecular flexibility index (Phi) is 10.3. The van der Waals surface area contributed by atoms with E-state index in [1.54, 1.807) is 13.2 Å². The predicted molar refractivity (Wildman–Crippen MR) is 135 cm³/mol. The number of benzene rings is 1. The number of hydrogen-bond acceptors (Lipinski definition) is 4. The lowest BCUT2D eigenvalue weighted by Crippen LogP contribution is -2.48. The Morgan fingerprint density at radius 2 is 2.14 bits per heavy atom. The third-order valence-electron chi connectivity index (χ3n) is 7.73. The van der Waals surface area contributed by atoms with Gasteiger partial charge in [0.1, 0.15) is 0 Å². The number of halogens is 3. The number of hydrogen-bond donors (Lipinski definition) is 2. The summed E-state index contributed by atoms with van der Waals surface area (Å²) in [5.74, 6) is -2.56. The molecule has 198 valence electrons. The van der Waals surface area contributed by atoms with Crippen molar-refractivity contribution in [3.63, 3.8) is 0 Å². The highest BCUT2D eigenvalue weighted by Gasteiger charge is 2.46. The number of carbonyl (C=O) groups is 1. The van der Waals surface area contributed by atoms with Crippen LogP contribution in [0.25, 0.3) is 0 Å². The molecule has 3 rings (SSSR count). The van der Waals surface area contributed by atoms with Gasteiger partial charge in [0.25, 0.3) is 0 Å². The number of alkyl halides is 2. The quantitative estimate of drug-likeness (QED) is 0.353. The van der Waals surface area contributed by atoms with Gasteiger partial charge >= 0.3 is 0 Å². The summed E-state index contributed by atoms with van der Waals surface area (Å²) in [4.78, 5) is 15.2. The molecule has 2 aliphatic rings. The first-order chi connectivity index (χ1) is 16.7. The lowest BCUT2D eigenvalue weighted by molar-refractivity contribution is -0.138. The molecule has 8 heteroatoms. The zero-order chi connectivity index (χ0) is 25.5. The number of nitrogens with one attached hydrogen (secondary N) is 1. The van der Waals surface area contributed by atoms with E-state index in [1.807, 2.05) is 30.1 Å². The van der Waals surface area contributed by atoms with E-state index in [9.17, 15) is 18.7 Å². The van der Waals surface area contributed by atoms with E-state index in [4.69, 9.17) is 16.3 Å². The molecule has 0 spiro atoms. The fourth-order valence-corrected chi connectivity index (χ4v) is 6.09. The highest BCUT2D eigenvalue weighted by atomic mass is 35.5. The molecule has 1 aliphatic carbocycles. The average Bonchev–Trinajstić information content (AvgIpc) is 2.80. The number of nitrogens with zero attached hydrogens (tertiary/aromatic N) is 1. The van der Waals surface area contributed by atoms with Crippen molar-refractivity contribution in [1.82, 2.24) is 10.2 Å². The topological polar surface area (TPSA) is 61.8 Å². The molecule has 1 aromatic carbocycles. The molecule has 1 amide bonds. The molecule has 0 radical (unpaired) electrons. The Labute approximate surface area is 213 Å². The molecule has 0 unspecified atom stereocenters. The first-order valence-corrected chi connectivity index (χ1v) is 13.3. The number of rotatable bonds is 13. The van der Waals surface area contributed by atoms with Crippen molar-refractivity contribution in [2.24, 2.45) is 17.8 Å². The van der Waals surface area contributed by atoms with Crippen LogP contribution in [0.2, 0.25) is 5.02 Å². The average molecular weight is 515 g/mol. The van der Waals surface area contributed by atoms with Gasteiger partial charge in [-0.25, -0.2) is 8.78 Å². The molecule has 0 bridgehead atoms. The van der Waals surface area contributed by atoms with Crippen molar-refractivity contribution < 1.29 is 23.4 Å². The van der Waals surface area contributed by atoms with Crippen molar-refractivity contribution in [1.29, 1.82) is 0 Å². The van der Waals surface area contributed by atoms with Gasteiger partial charge in [0.15, 0.2) is 0 Å². The van der Waals surface area contributed by atoms with Crippen molar-refractivity contribution in [3.8, 4) is 0 Å². The van der Waals surface area contributed by atoms with Gasteiger partial charge in [-0.1, -0.05) is 23.7 Å². The molecule has 1 saturated carbocycles. The van der Waals surface area contributed by atoms with Crippen LogP contribution in [0.1, 0.15) is 63.4 Å². The van der Waals surface area contributed by atoms with Crippen LogP contribution in [-0.4, -0.2) is 62.2 Å². The summed E-state index contributed by atoms with van der Waals surface area (Å²) in [5, 5.41) is 15.7. The Bertz CT molecular complexity index is 819. The second kappa shape index (κ2) is 12.8. The number of ether oxygens (including phenoxy) is 1. The number of methoxy groups -OCH3 is 1. The van der Waals surface area contributed by atoms with Crippen LogP contribution in [0.5, 0.6) is 0 Å². The number of amides is 1. The summed E-state index contributed by atoms with van der Waals surface area (Å²) in [5.41, 5.74) is -0.292. The van der Waals surface area contributed by atoms with Gasteiger partial charge in [-0.15, -0.1) is 0 Å². The maximum absolute atomic E-state index is 13.3. The van der Waals surface area contributed by atoms with Crippen LogP contribution in [-0.2, 0) is 15.1 Å². The van der Waals surface area contributed by atoms with E-state index < -0.39 is 11.5 Å². The SMILES string of the molecule is CNC[C@@H](CC(=O)N1CCC[C@@H]([C@@](O)(CCCCOC)c2cccc(Cl)c2)C1)CC1CC(F)(F)C1. The molecular formula is C27H41ClF2N2O3. The fraction of sp³-hybridized carbons (Fsp3) is 0.741. The van der Waals surface area contributed by atoms with Crippen molar-refractivity contribution >= 4 is 17.5 Å². The third kappa shape index (κ3) is 7.85. The number of carbonyl (C=O) groups excluding carboxylic acids is 1. The maximum atomic E-state index is 13.3. The Balaban J connectivity index is 1.67. The van der Waals surface area contributed by atoms with E-state index in [0.717, 1.165) is 31.2 Å². The lowest BCUT2D eigenvalue weighted by Gasteiger charge is -2.43. The van der Waals surface area contributed by atoms with Gasteiger partial charge in [0.05, 0.1) is 5.60 Å². The van der Waals surface area contributed by atoms with Gasteiger partial charge in [-0.3, -0.25) is 4.79 Å². The minimum atomic E-state index is -2.53. The normalized spacial score (nSPS) is 22.9. The lowest BCUT2D eigenvalue weighted by atomic mass is 9.73. The number of unbranched alkanes of at least 4 members (excludes halogenated alkanes) is 1. The first kappa shape index (κ1) is 28.3. The third-order valence-corrected chi connectivity index (χ3v) is 7.96. The number of aliphatic hydroxyl groups is 1. The first-order valence-electron chi connectivity index (χ1n) is 12.9. The number of piperidine rings is 1. The van der Waals surface area contributed by atoms with Gasteiger partial charge in [-0.2, -0.15) is 0 Å². The van der Waals surface area contributed by atoms with Crippen molar-refractivity contribution in [2.75, 3.05) is 40.4 Å². The fourth-order valence-electron chi connectivity index (χ4n) is 5.90. The summed E-state index contributed by atoms with van der Waals surface area (Å²) in [6.45, 7) is 2.43. The van der Waals surface area contributed by atoms with E-state index in [-0.39, 0.29) is 36.5 Å². The van der Waals surface area contributed by atoms with E-state index in [2.05, 4.69) is 5.32 Å². The molecule has 1 saturated heterocycles. The molecule has 1 aromatic rings. The van der Waals surface area contributed by atoms with E-state index >= 15 is 0 Å². The summed E-state index contributed by atoms with van der Waals surface area (Å²) in [6, 6.07) is 7.40. The number of likely N-dealkylation sites (tertiary alicyclic amines) is 1. The summed E-state index contributed by atoms with van der Waals surface area (Å²) < 4.78 is 31.8. The molecule has 3 atom stereocenters. The van der Waals surface area contributed by atoms with E-state index in [0.29, 0.717) is 50.5 Å². The highest BCUT2D eigenvalue weighted by Crippen LogP contribution is 2.46. The van der Waals surface area contributed by atoms with Gasteiger partial charge < -0.3 is 20.1 Å². The summed E-state index contributed by atoms with van der Waals surface area (Å²) in [7, 11) is 3.50. The van der Waals surface area contributed by atoms with Crippen LogP contribution < -0.4 is 5.32 Å². The summed E-state index contributed by atoms with van der Waals surface area (Å²) in [6.07, 6.45) is 4.73. The zero-order valence-electron chi connectivity index (χ0n) is 21.1. The minimum absolute atomic E-state index is 0.00900. The van der Waals surface area contributed by atoms with Gasteiger partial charge in [0.2, 0.25) is 11.8 Å². The highest BCUT2D eigenvalue weighted by molar-refractivity contribution is 6.30. The molecule has 2 N–H and O–H groups in total. The molecule has 1 heterocycles. The Hall–Kier alpha value is -1.28. The van der Waals surface area contributed by atoms with Crippen LogP contribution in [0.3, 0.4) is 0 Å². The monoisotopic (exact) mass is 514 g/mol. The Morgan fingerprint density at radius 3 is 2.80 bits per heavy atom. The summed E-state index contributed by atoms with van der Waals surface area (Å²) >= 11 is 6.27. The second-order valence-electron chi connectivity index (χ2n) is 10.6. The van der Waals surface area contributed by atoms with Gasteiger partial charge in [0, 0.05) is 57.0 Å². The molecule has 35 heavy (non-hydrogen) atoms. The molecular weight excluding hydrogens is 474 g/mol. The van der Waals surface area contributed by atoms with Crippen LogP contribution in [0, 0.1) is 17.8 Å². The maximum Gasteiger partial charge on any atom is 0.248 e. The van der Waals surface area contributed by atoms with Gasteiger partial charge in [-0.05, 0) is 81.6 Å². The van der Waals surface area contributed by atoms with Crippen LogP contribution in [0.4, 0.5) is 8.78 Å². The smallest absolute Gasteiger partial charge is 0.248 e. The van der Waals surface area contributed by atoms with Crippen LogP contribution >= 0.6 is 11.6 Å². The predicted octanol–water partition coefficient (Wildman–Crippen LogP) is 5.24. The largest absolute Gasteiger partial charge is 0.385 e. The zero-order valence-corrected chi connectivity index (χ0v) is 21.8.